The third kappa shape index (κ3) is 6.72. The zero-order valence-corrected chi connectivity index (χ0v) is 20.4. The smallest absolute Gasteiger partial charge is 0.258 e. The van der Waals surface area contributed by atoms with Gasteiger partial charge in [0, 0.05) is 23.9 Å². The molecule has 0 aliphatic carbocycles. The first kappa shape index (κ1) is 26.2. The molecule has 0 aliphatic rings. The number of methoxy groups -OCH3 is 2. The lowest BCUT2D eigenvalue weighted by atomic mass is 10.2. The Labute approximate surface area is 202 Å². The molecular weight excluding hydrogens is 473 g/mol. The minimum absolute atomic E-state index is 0.237. The Bertz CT molecular complexity index is 1050. The molecule has 2 rings (SSSR count). The predicted molar refractivity (Wildman–Crippen MR) is 126 cm³/mol. The van der Waals surface area contributed by atoms with Gasteiger partial charge in [-0.3, -0.25) is 9.59 Å². The van der Waals surface area contributed by atoms with Gasteiger partial charge < -0.3 is 24.3 Å². The Kier molecular flexibility index (Phi) is 9.74. The molecule has 0 aromatic heterocycles. The Morgan fingerprint density at radius 3 is 2.18 bits per heavy atom. The highest BCUT2D eigenvalue weighted by atomic mass is 35.5. The molecule has 9 nitrogen and oxygen atoms in total. The fourth-order valence-corrected chi connectivity index (χ4v) is 3.25. The summed E-state index contributed by atoms with van der Waals surface area (Å²) < 4.78 is 21.5. The van der Waals surface area contributed by atoms with Crippen molar-refractivity contribution < 1.29 is 28.5 Å². The third-order valence-corrected chi connectivity index (χ3v) is 4.81. The van der Waals surface area contributed by atoms with E-state index in [-0.39, 0.29) is 10.7 Å². The molecule has 1 atom stereocenters. The Morgan fingerprint density at radius 2 is 1.61 bits per heavy atom. The van der Waals surface area contributed by atoms with Gasteiger partial charge >= 0.3 is 0 Å². The van der Waals surface area contributed by atoms with Crippen LogP contribution in [0.4, 0.5) is 11.4 Å². The lowest BCUT2D eigenvalue weighted by Crippen LogP contribution is -2.31. The summed E-state index contributed by atoms with van der Waals surface area (Å²) in [6.07, 6.45) is 0. The molecule has 1 amide bonds. The van der Waals surface area contributed by atoms with Gasteiger partial charge in [0.1, 0.15) is 17.2 Å². The van der Waals surface area contributed by atoms with Crippen LogP contribution >= 0.6 is 23.2 Å². The largest absolute Gasteiger partial charge is 0.495 e. The summed E-state index contributed by atoms with van der Waals surface area (Å²) in [4.78, 5) is 25.0. The first-order valence-electron chi connectivity index (χ1n) is 9.98. The van der Waals surface area contributed by atoms with Crippen molar-refractivity contribution in [3.05, 3.63) is 34.3 Å². The quantitative estimate of drug-likeness (QED) is 0.324. The number of halogens is 2. The molecule has 0 saturated heterocycles. The van der Waals surface area contributed by atoms with Crippen LogP contribution in [0.3, 0.4) is 0 Å². The number of Topliss-reactive ketones (excluding diaryl/α,β-unsaturated/α-hetero) is 1. The summed E-state index contributed by atoms with van der Waals surface area (Å²) in [7, 11) is 2.87. The number of rotatable bonds is 11. The van der Waals surface area contributed by atoms with E-state index in [1.54, 1.807) is 13.0 Å². The molecule has 11 heteroatoms. The minimum Gasteiger partial charge on any atom is -0.495 e. The minimum atomic E-state index is -1.42. The average molecular weight is 498 g/mol. The maximum absolute atomic E-state index is 12.8. The van der Waals surface area contributed by atoms with Crippen molar-refractivity contribution >= 4 is 46.3 Å². The predicted octanol–water partition coefficient (Wildman–Crippen LogP) is 5.49. The molecule has 1 N–H and O–H groups in total. The molecule has 178 valence electrons. The molecule has 0 heterocycles. The van der Waals surface area contributed by atoms with Gasteiger partial charge in [-0.25, -0.2) is 0 Å². The Balaban J connectivity index is 2.33. The van der Waals surface area contributed by atoms with Crippen LogP contribution in [0.15, 0.2) is 34.5 Å². The van der Waals surface area contributed by atoms with Crippen molar-refractivity contribution in [2.45, 2.75) is 26.8 Å². The van der Waals surface area contributed by atoms with E-state index in [2.05, 4.69) is 15.5 Å². The second kappa shape index (κ2) is 12.3. The number of hydrogen-bond donors (Lipinski definition) is 1. The number of nitrogens with zero attached hydrogens (tertiary/aromatic N) is 2. The highest BCUT2D eigenvalue weighted by Crippen LogP contribution is 2.39. The van der Waals surface area contributed by atoms with Crippen LogP contribution in [0.5, 0.6) is 23.0 Å². The summed E-state index contributed by atoms with van der Waals surface area (Å²) in [6, 6.07) is 4.61. The second-order valence-electron chi connectivity index (χ2n) is 6.53. The lowest BCUT2D eigenvalue weighted by Gasteiger charge is -2.15. The SMILES string of the molecule is CCOc1cc(NC(=O)C(N=Nc2cc(OC)c(Cl)cc2OC)C(C)=O)cc(Cl)c1OCC. The van der Waals surface area contributed by atoms with Crippen LogP contribution in [-0.4, -0.2) is 45.2 Å². The normalized spacial score (nSPS) is 11.7. The molecule has 0 radical (unpaired) electrons. The van der Waals surface area contributed by atoms with Crippen LogP contribution in [-0.2, 0) is 9.59 Å². The van der Waals surface area contributed by atoms with Crippen molar-refractivity contribution in [1.29, 1.82) is 0 Å². The van der Waals surface area contributed by atoms with Gasteiger partial charge in [0.05, 0.1) is 37.5 Å². The number of benzene rings is 2. The summed E-state index contributed by atoms with van der Waals surface area (Å²) in [5.74, 6) is 0.147. The summed E-state index contributed by atoms with van der Waals surface area (Å²) >= 11 is 12.4. The van der Waals surface area contributed by atoms with Crippen molar-refractivity contribution in [3.63, 3.8) is 0 Å². The van der Waals surface area contributed by atoms with E-state index in [0.717, 1.165) is 0 Å². The first-order chi connectivity index (χ1) is 15.7. The maximum atomic E-state index is 12.8. The molecule has 0 fully saturated rings. The zero-order chi connectivity index (χ0) is 24.5. The van der Waals surface area contributed by atoms with Gasteiger partial charge in [-0.15, -0.1) is 0 Å². The molecule has 2 aromatic rings. The molecule has 2 aromatic carbocycles. The average Bonchev–Trinajstić information content (AvgIpc) is 2.76. The molecule has 1 unspecified atom stereocenters. The van der Waals surface area contributed by atoms with E-state index < -0.39 is 17.7 Å². The molecule has 0 bridgehead atoms. The summed E-state index contributed by atoms with van der Waals surface area (Å²) in [6.45, 7) is 5.61. The maximum Gasteiger partial charge on any atom is 0.258 e. The molecule has 0 saturated carbocycles. The van der Waals surface area contributed by atoms with E-state index in [9.17, 15) is 9.59 Å². The Hall–Kier alpha value is -3.04. The van der Waals surface area contributed by atoms with Crippen molar-refractivity contribution in [3.8, 4) is 23.0 Å². The molecule has 0 aliphatic heterocycles. The van der Waals surface area contributed by atoms with Gasteiger partial charge in [0.25, 0.3) is 5.91 Å². The number of amides is 1. The number of nitrogens with one attached hydrogen (secondary N) is 1. The van der Waals surface area contributed by atoms with Crippen molar-refractivity contribution in [2.75, 3.05) is 32.8 Å². The number of carbonyl (C=O) groups excluding carboxylic acids is 2. The van der Waals surface area contributed by atoms with Gasteiger partial charge in [0.2, 0.25) is 6.04 Å². The van der Waals surface area contributed by atoms with E-state index in [1.807, 2.05) is 6.92 Å². The monoisotopic (exact) mass is 497 g/mol. The number of ether oxygens (including phenoxy) is 4. The summed E-state index contributed by atoms with van der Waals surface area (Å²) in [5, 5.41) is 11.1. The zero-order valence-electron chi connectivity index (χ0n) is 18.9. The van der Waals surface area contributed by atoms with Crippen LogP contribution in [0.2, 0.25) is 10.0 Å². The summed E-state index contributed by atoms with van der Waals surface area (Å²) in [5.41, 5.74) is 0.546. The lowest BCUT2D eigenvalue weighted by molar-refractivity contribution is -0.126. The van der Waals surface area contributed by atoms with Crippen LogP contribution in [0, 0.1) is 0 Å². The van der Waals surface area contributed by atoms with Gasteiger partial charge in [-0.2, -0.15) is 10.2 Å². The fraction of sp³-hybridized carbons (Fsp3) is 0.364. The van der Waals surface area contributed by atoms with E-state index >= 15 is 0 Å². The van der Waals surface area contributed by atoms with Crippen molar-refractivity contribution in [1.82, 2.24) is 0 Å². The topological polar surface area (TPSA) is 108 Å². The third-order valence-electron chi connectivity index (χ3n) is 4.23. The standard InChI is InChI=1S/C22H25Cl2N3O6/c1-6-32-19-9-13(8-15(24)21(19)33-7-2)25-22(29)20(12(3)28)27-26-16-11-17(30-4)14(23)10-18(16)31-5/h8-11,20H,6-7H2,1-5H3,(H,25,29). The van der Waals surface area contributed by atoms with Crippen LogP contribution in [0.25, 0.3) is 0 Å². The van der Waals surface area contributed by atoms with E-state index in [1.165, 1.54) is 39.3 Å². The van der Waals surface area contributed by atoms with Crippen molar-refractivity contribution in [2.24, 2.45) is 10.2 Å². The molecular formula is C22H25Cl2N3O6. The second-order valence-corrected chi connectivity index (χ2v) is 7.34. The first-order valence-corrected chi connectivity index (χ1v) is 10.7. The van der Waals surface area contributed by atoms with E-state index in [4.69, 9.17) is 42.1 Å². The number of azo groups is 1. The number of ketones is 1. The molecule has 0 spiro atoms. The van der Waals surface area contributed by atoms with Gasteiger partial charge in [0.15, 0.2) is 17.3 Å². The van der Waals surface area contributed by atoms with Gasteiger partial charge in [-0.05, 0) is 26.8 Å². The highest BCUT2D eigenvalue weighted by Gasteiger charge is 2.24. The highest BCUT2D eigenvalue weighted by molar-refractivity contribution is 6.33. The van der Waals surface area contributed by atoms with E-state index in [0.29, 0.717) is 46.9 Å². The molecule has 33 heavy (non-hydrogen) atoms. The van der Waals surface area contributed by atoms with Crippen LogP contribution in [0.1, 0.15) is 20.8 Å². The number of carbonyl (C=O) groups is 2. The fourth-order valence-electron chi connectivity index (χ4n) is 2.76. The van der Waals surface area contributed by atoms with Gasteiger partial charge in [-0.1, -0.05) is 23.2 Å². The number of anilines is 1. The number of hydrogen-bond acceptors (Lipinski definition) is 8. The van der Waals surface area contributed by atoms with Crippen LogP contribution < -0.4 is 24.3 Å². The Morgan fingerprint density at radius 1 is 0.939 bits per heavy atom.